The van der Waals surface area contributed by atoms with Crippen LogP contribution in [-0.2, 0) is 10.2 Å². The largest absolute Gasteiger partial charge is 0.390 e. The van der Waals surface area contributed by atoms with Crippen LogP contribution in [0.25, 0.3) is 0 Å². The molecular weight excluding hydrogens is 242 g/mol. The first-order valence-electron chi connectivity index (χ1n) is 4.95. The number of alkyl halides is 2. The quantitative estimate of drug-likeness (QED) is 0.654. The van der Waals surface area contributed by atoms with Crippen LogP contribution < -0.4 is 4.72 Å². The average Bonchev–Trinajstić information content (AvgIpc) is 2.23. The van der Waals surface area contributed by atoms with Gasteiger partial charge in [-0.3, -0.25) is 0 Å². The zero-order valence-corrected chi connectivity index (χ0v) is 10.2. The fourth-order valence-corrected chi connectivity index (χ4v) is 1.85. The van der Waals surface area contributed by atoms with E-state index in [1.807, 2.05) is 6.92 Å². The van der Waals surface area contributed by atoms with Crippen molar-refractivity contribution in [2.75, 3.05) is 26.7 Å². The fraction of sp³-hybridized carbons (Fsp3) is 1.00. The minimum atomic E-state index is -3.88. The van der Waals surface area contributed by atoms with Crippen LogP contribution in [0.1, 0.15) is 19.8 Å². The Hall–Kier alpha value is -0.310. The Kier molecular flexibility index (Phi) is 6.31. The molecule has 0 saturated carbocycles. The van der Waals surface area contributed by atoms with Crippen LogP contribution in [0.15, 0.2) is 0 Å². The molecule has 0 aromatic carbocycles. The number of rotatable bonds is 8. The van der Waals surface area contributed by atoms with Gasteiger partial charge in [-0.1, -0.05) is 13.3 Å². The van der Waals surface area contributed by atoms with E-state index in [4.69, 9.17) is 5.11 Å². The molecule has 0 amide bonds. The van der Waals surface area contributed by atoms with E-state index in [1.54, 1.807) is 4.72 Å². The summed E-state index contributed by atoms with van der Waals surface area (Å²) in [6, 6.07) is 0. The molecule has 0 aromatic heterocycles. The highest BCUT2D eigenvalue weighted by molar-refractivity contribution is 7.87. The number of aliphatic hydroxyl groups is 1. The van der Waals surface area contributed by atoms with Gasteiger partial charge in [-0.2, -0.15) is 17.4 Å². The summed E-state index contributed by atoms with van der Waals surface area (Å²) >= 11 is 0. The van der Waals surface area contributed by atoms with Crippen LogP contribution in [0.4, 0.5) is 8.78 Å². The fourth-order valence-electron chi connectivity index (χ4n) is 0.864. The smallest absolute Gasteiger partial charge is 0.283 e. The van der Waals surface area contributed by atoms with Crippen molar-refractivity contribution < 1.29 is 22.3 Å². The van der Waals surface area contributed by atoms with Gasteiger partial charge in [-0.25, -0.2) is 8.78 Å². The number of nitrogens with zero attached hydrogens (tertiary/aromatic N) is 1. The molecule has 0 aromatic rings. The van der Waals surface area contributed by atoms with Gasteiger partial charge in [0.2, 0.25) is 0 Å². The van der Waals surface area contributed by atoms with Crippen molar-refractivity contribution >= 4 is 10.2 Å². The Balaban J connectivity index is 4.24. The summed E-state index contributed by atoms with van der Waals surface area (Å²) in [7, 11) is -2.57. The second kappa shape index (κ2) is 6.43. The molecule has 16 heavy (non-hydrogen) atoms. The number of nitrogens with one attached hydrogen (secondary N) is 1. The van der Waals surface area contributed by atoms with Crippen LogP contribution in [0.5, 0.6) is 0 Å². The van der Waals surface area contributed by atoms with Gasteiger partial charge in [-0.15, -0.1) is 0 Å². The van der Waals surface area contributed by atoms with Crippen LogP contribution in [0.2, 0.25) is 0 Å². The first-order valence-corrected chi connectivity index (χ1v) is 6.39. The molecule has 0 fully saturated rings. The van der Waals surface area contributed by atoms with Crippen molar-refractivity contribution in [1.29, 1.82) is 0 Å². The highest BCUT2D eigenvalue weighted by Gasteiger charge is 2.30. The van der Waals surface area contributed by atoms with Crippen LogP contribution >= 0.6 is 0 Å². The average molecular weight is 260 g/mol. The summed E-state index contributed by atoms with van der Waals surface area (Å²) in [5.74, 6) is -3.43. The van der Waals surface area contributed by atoms with Crippen molar-refractivity contribution in [2.24, 2.45) is 0 Å². The first kappa shape index (κ1) is 15.7. The van der Waals surface area contributed by atoms with Crippen molar-refractivity contribution in [3.63, 3.8) is 0 Å². The van der Waals surface area contributed by atoms with Gasteiger partial charge in [0.25, 0.3) is 16.1 Å². The van der Waals surface area contributed by atoms with Gasteiger partial charge >= 0.3 is 0 Å². The molecule has 0 aliphatic rings. The topological polar surface area (TPSA) is 69.6 Å². The molecule has 2 N–H and O–H groups in total. The normalized spacial score (nSPS) is 13.4. The zero-order chi connectivity index (χ0) is 12.8. The lowest BCUT2D eigenvalue weighted by Crippen LogP contribution is -2.45. The number of unbranched alkanes of at least 4 members (excludes halogenated alkanes) is 1. The van der Waals surface area contributed by atoms with E-state index in [9.17, 15) is 17.2 Å². The molecule has 0 bridgehead atoms. The standard InChI is InChI=1S/C8H18F2N2O3S/c1-3-4-5-12(2)16(14,15)11-6-8(9,10)7-13/h11,13H,3-7H2,1-2H3. The van der Waals surface area contributed by atoms with Gasteiger partial charge in [0, 0.05) is 13.6 Å². The van der Waals surface area contributed by atoms with Crippen molar-refractivity contribution in [3.05, 3.63) is 0 Å². The van der Waals surface area contributed by atoms with Crippen molar-refractivity contribution in [1.82, 2.24) is 9.03 Å². The summed E-state index contributed by atoms with van der Waals surface area (Å²) in [6.45, 7) is -0.305. The van der Waals surface area contributed by atoms with Crippen LogP contribution in [0, 0.1) is 0 Å². The summed E-state index contributed by atoms with van der Waals surface area (Å²) in [4.78, 5) is 0. The summed E-state index contributed by atoms with van der Waals surface area (Å²) in [5, 5.41) is 8.27. The van der Waals surface area contributed by atoms with E-state index in [2.05, 4.69) is 0 Å². The lowest BCUT2D eigenvalue weighted by atomic mass is 10.3. The molecule has 0 spiro atoms. The molecule has 0 saturated heterocycles. The maximum absolute atomic E-state index is 12.6. The zero-order valence-electron chi connectivity index (χ0n) is 9.41. The number of hydrogen-bond acceptors (Lipinski definition) is 3. The van der Waals surface area contributed by atoms with E-state index in [0.717, 1.165) is 10.7 Å². The molecule has 0 aliphatic heterocycles. The highest BCUT2D eigenvalue weighted by Crippen LogP contribution is 2.11. The predicted octanol–water partition coefficient (Wildman–Crippen LogP) is 0.180. The van der Waals surface area contributed by atoms with Crippen molar-refractivity contribution in [2.45, 2.75) is 25.7 Å². The first-order chi connectivity index (χ1) is 7.25. The minimum Gasteiger partial charge on any atom is -0.390 e. The monoisotopic (exact) mass is 260 g/mol. The number of hydrogen-bond donors (Lipinski definition) is 2. The molecule has 0 aliphatic carbocycles. The molecule has 5 nitrogen and oxygen atoms in total. The second-order valence-corrected chi connectivity index (χ2v) is 5.38. The molecule has 0 atom stereocenters. The Morgan fingerprint density at radius 3 is 2.44 bits per heavy atom. The van der Waals surface area contributed by atoms with Gasteiger partial charge in [-0.05, 0) is 6.42 Å². The van der Waals surface area contributed by atoms with E-state index >= 15 is 0 Å². The maximum atomic E-state index is 12.6. The molecule has 0 heterocycles. The lowest BCUT2D eigenvalue weighted by Gasteiger charge is -2.19. The van der Waals surface area contributed by atoms with Crippen LogP contribution in [0.3, 0.4) is 0 Å². The third-order valence-corrected chi connectivity index (χ3v) is 3.49. The minimum absolute atomic E-state index is 0.274. The predicted molar refractivity (Wildman–Crippen MR) is 56.5 cm³/mol. The van der Waals surface area contributed by atoms with E-state index in [0.29, 0.717) is 6.42 Å². The van der Waals surface area contributed by atoms with Gasteiger partial charge in [0.1, 0.15) is 6.61 Å². The second-order valence-electron chi connectivity index (χ2n) is 3.52. The Morgan fingerprint density at radius 1 is 1.44 bits per heavy atom. The maximum Gasteiger partial charge on any atom is 0.283 e. The number of halogens is 2. The Morgan fingerprint density at radius 2 is 2.00 bits per heavy atom. The van der Waals surface area contributed by atoms with Crippen molar-refractivity contribution in [3.8, 4) is 0 Å². The number of aliphatic hydroxyl groups excluding tert-OH is 1. The summed E-state index contributed by atoms with van der Waals surface area (Å²) in [6.07, 6.45) is 1.47. The van der Waals surface area contributed by atoms with Gasteiger partial charge in [0.15, 0.2) is 0 Å². The molecular formula is C8H18F2N2O3S. The Labute approximate surface area is 94.6 Å². The van der Waals surface area contributed by atoms with Gasteiger partial charge in [0.05, 0.1) is 6.54 Å². The summed E-state index contributed by atoms with van der Waals surface area (Å²) < 4.78 is 50.7. The highest BCUT2D eigenvalue weighted by atomic mass is 32.2. The van der Waals surface area contributed by atoms with Gasteiger partial charge < -0.3 is 5.11 Å². The molecule has 98 valence electrons. The SMILES string of the molecule is CCCCN(C)S(=O)(=O)NCC(F)(F)CO. The lowest BCUT2D eigenvalue weighted by molar-refractivity contribution is -0.0439. The summed E-state index contributed by atoms with van der Waals surface area (Å²) in [5.41, 5.74) is 0. The van der Waals surface area contributed by atoms with Crippen LogP contribution in [-0.4, -0.2) is 50.5 Å². The van der Waals surface area contributed by atoms with E-state index in [1.165, 1.54) is 7.05 Å². The van der Waals surface area contributed by atoms with E-state index < -0.39 is 29.3 Å². The third-order valence-electron chi connectivity index (χ3n) is 1.98. The Bertz CT molecular complexity index is 296. The van der Waals surface area contributed by atoms with E-state index in [-0.39, 0.29) is 6.54 Å². The molecule has 0 unspecified atom stereocenters. The molecule has 0 radical (unpaired) electrons. The molecule has 8 heteroatoms. The third kappa shape index (κ3) is 5.69. The molecule has 0 rings (SSSR count).